The fourth-order valence-corrected chi connectivity index (χ4v) is 2.12. The molecule has 0 unspecified atom stereocenters. The Balaban J connectivity index is 2.60. The first kappa shape index (κ1) is 19.2. The van der Waals surface area contributed by atoms with E-state index in [0.29, 0.717) is 12.4 Å². The van der Waals surface area contributed by atoms with Gasteiger partial charge in [-0.3, -0.25) is 0 Å². The molecule has 3 nitrogen and oxygen atoms in total. The summed E-state index contributed by atoms with van der Waals surface area (Å²) in [5.74, 6) is 0.696. The van der Waals surface area contributed by atoms with Crippen LogP contribution in [0, 0.1) is 0 Å². The Kier molecular flexibility index (Phi) is 9.03. The van der Waals surface area contributed by atoms with Gasteiger partial charge in [0.1, 0.15) is 12.4 Å². The maximum absolute atomic E-state index is 9.47. The van der Waals surface area contributed by atoms with Crippen molar-refractivity contribution in [3.8, 4) is 5.75 Å². The van der Waals surface area contributed by atoms with Gasteiger partial charge in [-0.2, -0.15) is 0 Å². The summed E-state index contributed by atoms with van der Waals surface area (Å²) in [4.78, 5) is 0. The standard InChI is InChI=1S/C20H28O3/c1-16(2)6-4-7-17(3)11-13-23-20-10-9-18(8-5-12-21)14-19(20)15-22/h5-6,8-11,14,21-22H,4,7,12-13,15H2,1-3H3/b8-5?,17-11+. The predicted octanol–water partition coefficient (Wildman–Crippen LogP) is 4.26. The van der Waals surface area contributed by atoms with E-state index < -0.39 is 0 Å². The highest BCUT2D eigenvalue weighted by molar-refractivity contribution is 5.53. The quantitative estimate of drug-likeness (QED) is 0.669. The minimum Gasteiger partial charge on any atom is -0.489 e. The van der Waals surface area contributed by atoms with Crippen LogP contribution in [0.1, 0.15) is 44.7 Å². The van der Waals surface area contributed by atoms with E-state index in [0.717, 1.165) is 24.0 Å². The molecule has 1 aromatic carbocycles. The molecule has 0 saturated heterocycles. The van der Waals surface area contributed by atoms with Crippen molar-refractivity contribution in [3.05, 3.63) is 58.7 Å². The van der Waals surface area contributed by atoms with Crippen LogP contribution in [0.2, 0.25) is 0 Å². The van der Waals surface area contributed by atoms with Gasteiger partial charge in [0.2, 0.25) is 0 Å². The Hall–Kier alpha value is -1.84. The van der Waals surface area contributed by atoms with Crippen LogP contribution < -0.4 is 4.74 Å². The van der Waals surface area contributed by atoms with Gasteiger partial charge in [-0.25, -0.2) is 0 Å². The Labute approximate surface area is 139 Å². The number of rotatable bonds is 9. The summed E-state index contributed by atoms with van der Waals surface area (Å²) in [6.07, 6.45) is 9.89. The van der Waals surface area contributed by atoms with Crippen LogP contribution in [0.25, 0.3) is 6.08 Å². The van der Waals surface area contributed by atoms with Crippen LogP contribution in [0.3, 0.4) is 0 Å². The molecule has 0 heterocycles. The number of benzene rings is 1. The first-order valence-electron chi connectivity index (χ1n) is 7.99. The summed E-state index contributed by atoms with van der Waals surface area (Å²) < 4.78 is 5.76. The fraction of sp³-hybridized carbons (Fsp3) is 0.400. The van der Waals surface area contributed by atoms with Gasteiger partial charge in [-0.05, 0) is 57.4 Å². The molecule has 1 aromatic rings. The Bertz CT molecular complexity index is 564. The van der Waals surface area contributed by atoms with E-state index in [1.54, 1.807) is 6.08 Å². The molecule has 0 bridgehead atoms. The summed E-state index contributed by atoms with van der Waals surface area (Å²) in [5, 5.41) is 18.3. The molecule has 0 saturated carbocycles. The molecule has 3 heteroatoms. The summed E-state index contributed by atoms with van der Waals surface area (Å²) in [7, 11) is 0. The average molecular weight is 316 g/mol. The second-order valence-corrected chi connectivity index (χ2v) is 5.79. The van der Waals surface area contributed by atoms with Gasteiger partial charge < -0.3 is 14.9 Å². The van der Waals surface area contributed by atoms with E-state index in [-0.39, 0.29) is 13.2 Å². The molecular weight excluding hydrogens is 288 g/mol. The van der Waals surface area contributed by atoms with Crippen molar-refractivity contribution >= 4 is 6.08 Å². The second kappa shape index (κ2) is 10.8. The van der Waals surface area contributed by atoms with Crippen molar-refractivity contribution in [2.45, 2.75) is 40.2 Å². The molecule has 1 rings (SSSR count). The molecule has 0 aromatic heterocycles. The third-order valence-corrected chi connectivity index (χ3v) is 3.43. The van der Waals surface area contributed by atoms with Crippen LogP contribution in [0.5, 0.6) is 5.75 Å². The van der Waals surface area contributed by atoms with Crippen LogP contribution in [0.4, 0.5) is 0 Å². The Morgan fingerprint density at radius 1 is 1.13 bits per heavy atom. The molecule has 0 aliphatic rings. The largest absolute Gasteiger partial charge is 0.489 e. The van der Waals surface area contributed by atoms with Gasteiger partial charge in [0.05, 0.1) is 13.2 Å². The summed E-state index contributed by atoms with van der Waals surface area (Å²) in [6.45, 7) is 6.76. The van der Waals surface area contributed by atoms with Crippen molar-refractivity contribution in [2.75, 3.05) is 13.2 Å². The highest BCUT2D eigenvalue weighted by atomic mass is 16.5. The Morgan fingerprint density at radius 2 is 1.91 bits per heavy atom. The highest BCUT2D eigenvalue weighted by Gasteiger charge is 2.03. The lowest BCUT2D eigenvalue weighted by atomic mass is 10.1. The zero-order valence-electron chi connectivity index (χ0n) is 14.4. The summed E-state index contributed by atoms with van der Waals surface area (Å²) in [5.41, 5.74) is 4.33. The lowest BCUT2D eigenvalue weighted by Gasteiger charge is -2.10. The minimum atomic E-state index is -0.0700. The molecule has 126 valence electrons. The molecule has 0 amide bonds. The monoisotopic (exact) mass is 316 g/mol. The number of allylic oxidation sites excluding steroid dienone is 3. The zero-order valence-corrected chi connectivity index (χ0v) is 14.4. The molecule has 2 N–H and O–H groups in total. The predicted molar refractivity (Wildman–Crippen MR) is 96.4 cm³/mol. The van der Waals surface area contributed by atoms with Crippen molar-refractivity contribution in [1.82, 2.24) is 0 Å². The third kappa shape index (κ3) is 7.82. The third-order valence-electron chi connectivity index (χ3n) is 3.43. The minimum absolute atomic E-state index is 0.00350. The van der Waals surface area contributed by atoms with Gasteiger partial charge >= 0.3 is 0 Å². The topological polar surface area (TPSA) is 49.7 Å². The van der Waals surface area contributed by atoms with Crippen LogP contribution >= 0.6 is 0 Å². The van der Waals surface area contributed by atoms with Gasteiger partial charge in [0.15, 0.2) is 0 Å². The Morgan fingerprint density at radius 3 is 2.57 bits per heavy atom. The van der Waals surface area contributed by atoms with Crippen LogP contribution in [-0.4, -0.2) is 23.4 Å². The SMILES string of the molecule is CC(C)=CCC/C(C)=C/COc1ccc(C=CCO)cc1CO. The zero-order chi connectivity index (χ0) is 17.1. The van der Waals surface area contributed by atoms with E-state index in [1.807, 2.05) is 24.3 Å². The maximum Gasteiger partial charge on any atom is 0.125 e. The van der Waals surface area contributed by atoms with E-state index in [9.17, 15) is 5.11 Å². The normalized spacial score (nSPS) is 11.8. The lowest BCUT2D eigenvalue weighted by molar-refractivity contribution is 0.270. The summed E-state index contributed by atoms with van der Waals surface area (Å²) >= 11 is 0. The lowest BCUT2D eigenvalue weighted by Crippen LogP contribution is -1.99. The summed E-state index contributed by atoms with van der Waals surface area (Å²) in [6, 6.07) is 5.63. The maximum atomic E-state index is 9.47. The fourth-order valence-electron chi connectivity index (χ4n) is 2.12. The number of hydrogen-bond donors (Lipinski definition) is 2. The molecule has 23 heavy (non-hydrogen) atoms. The highest BCUT2D eigenvalue weighted by Crippen LogP contribution is 2.21. The van der Waals surface area contributed by atoms with Crippen molar-refractivity contribution in [3.63, 3.8) is 0 Å². The van der Waals surface area contributed by atoms with Gasteiger partial charge in [0.25, 0.3) is 0 Å². The first-order valence-corrected chi connectivity index (χ1v) is 7.99. The molecule has 0 radical (unpaired) electrons. The molecule has 0 atom stereocenters. The number of aliphatic hydroxyl groups is 2. The average Bonchev–Trinajstić information content (AvgIpc) is 2.53. The van der Waals surface area contributed by atoms with E-state index >= 15 is 0 Å². The van der Waals surface area contributed by atoms with Gasteiger partial charge in [-0.1, -0.05) is 35.4 Å². The van der Waals surface area contributed by atoms with E-state index in [4.69, 9.17) is 9.84 Å². The smallest absolute Gasteiger partial charge is 0.125 e. The van der Waals surface area contributed by atoms with Crippen molar-refractivity contribution in [1.29, 1.82) is 0 Å². The molecule has 0 aliphatic heterocycles. The van der Waals surface area contributed by atoms with Crippen molar-refractivity contribution in [2.24, 2.45) is 0 Å². The molecule has 0 spiro atoms. The number of hydrogen-bond acceptors (Lipinski definition) is 3. The number of ether oxygens (including phenoxy) is 1. The van der Waals surface area contributed by atoms with Crippen LogP contribution in [-0.2, 0) is 6.61 Å². The second-order valence-electron chi connectivity index (χ2n) is 5.79. The van der Waals surface area contributed by atoms with Gasteiger partial charge in [0, 0.05) is 5.56 Å². The van der Waals surface area contributed by atoms with E-state index in [1.165, 1.54) is 11.1 Å². The van der Waals surface area contributed by atoms with E-state index in [2.05, 4.69) is 32.9 Å². The molecular formula is C20H28O3. The number of aliphatic hydroxyl groups excluding tert-OH is 2. The first-order chi connectivity index (χ1) is 11.1. The van der Waals surface area contributed by atoms with Gasteiger partial charge in [-0.15, -0.1) is 0 Å². The van der Waals surface area contributed by atoms with Crippen molar-refractivity contribution < 1.29 is 14.9 Å². The van der Waals surface area contributed by atoms with Crippen LogP contribution in [0.15, 0.2) is 47.6 Å². The molecule has 0 fully saturated rings. The molecule has 0 aliphatic carbocycles.